The summed E-state index contributed by atoms with van der Waals surface area (Å²) in [6.07, 6.45) is 0. The van der Waals surface area contributed by atoms with Crippen molar-refractivity contribution in [3.8, 4) is 23.0 Å². The summed E-state index contributed by atoms with van der Waals surface area (Å²) in [7, 11) is 0. The third kappa shape index (κ3) is 7.99. The van der Waals surface area contributed by atoms with Gasteiger partial charge in [-0.3, -0.25) is 4.79 Å². The molecule has 0 N–H and O–H groups in total. The third-order valence-electron chi connectivity index (χ3n) is 5.92. The lowest BCUT2D eigenvalue weighted by atomic mass is 10.0. The van der Waals surface area contributed by atoms with Crippen LogP contribution in [-0.2, 0) is 0 Å². The van der Waals surface area contributed by atoms with Crippen molar-refractivity contribution in [1.82, 2.24) is 0 Å². The second-order valence-corrected chi connectivity index (χ2v) is 22.0. The van der Waals surface area contributed by atoms with Crippen molar-refractivity contribution in [3.63, 3.8) is 0 Å². The number of hydrogen-bond donors (Lipinski definition) is 0. The first kappa shape index (κ1) is 43.0. The number of benzene rings is 4. The molecule has 0 radical (unpaired) electrons. The van der Waals surface area contributed by atoms with Crippen molar-refractivity contribution < 1.29 is 14.3 Å². The van der Waals surface area contributed by atoms with Crippen molar-refractivity contribution >= 4 is 277 Å². The molecular formula is C26H3Br17O3. The average molecular weight is 1720 g/mol. The second-order valence-electron chi connectivity index (χ2n) is 8.56. The van der Waals surface area contributed by atoms with Gasteiger partial charge >= 0.3 is 0 Å². The maximum atomic E-state index is 14.4. The summed E-state index contributed by atoms with van der Waals surface area (Å²) in [5.74, 6) is 1.51. The van der Waals surface area contributed by atoms with Crippen LogP contribution in [0.1, 0.15) is 21.5 Å². The van der Waals surface area contributed by atoms with Crippen molar-refractivity contribution in [2.75, 3.05) is 0 Å². The molecule has 0 bridgehead atoms. The molecule has 0 aliphatic carbocycles. The van der Waals surface area contributed by atoms with Gasteiger partial charge in [-0.15, -0.1) is 0 Å². The Kier molecular flexibility index (Phi) is 16.3. The van der Waals surface area contributed by atoms with Gasteiger partial charge in [0.2, 0.25) is 0 Å². The highest BCUT2D eigenvalue weighted by molar-refractivity contribution is 9.16. The molecule has 244 valence electrons. The molecule has 0 saturated carbocycles. The van der Waals surface area contributed by atoms with Gasteiger partial charge in [0.1, 0.15) is 0 Å². The minimum absolute atomic E-state index is 0.321. The predicted octanol–water partition coefficient (Wildman–Crippen LogP) is 19.8. The number of rotatable bonds is 6. The Morgan fingerprint density at radius 1 is 0.326 bits per heavy atom. The number of ketones is 1. The van der Waals surface area contributed by atoms with E-state index < -0.39 is 0 Å². The summed E-state index contributed by atoms with van der Waals surface area (Å²) in [6, 6.07) is 0. The van der Waals surface area contributed by atoms with Gasteiger partial charge in [-0.05, 0) is 283 Å². The van der Waals surface area contributed by atoms with Crippen LogP contribution in [0.2, 0.25) is 0 Å². The van der Waals surface area contributed by atoms with E-state index >= 15 is 0 Å². The molecule has 46 heavy (non-hydrogen) atoms. The molecule has 0 unspecified atom stereocenters. The van der Waals surface area contributed by atoms with Crippen LogP contribution in [0, 0.1) is 6.92 Å². The van der Waals surface area contributed by atoms with E-state index in [9.17, 15) is 4.79 Å². The van der Waals surface area contributed by atoms with E-state index in [0.29, 0.717) is 87.8 Å². The van der Waals surface area contributed by atoms with Gasteiger partial charge in [-0.2, -0.15) is 0 Å². The fraction of sp³-hybridized carbons (Fsp3) is 0.0385. The molecule has 4 aromatic carbocycles. The molecule has 0 aromatic heterocycles. The SMILES string of the molecule is Cc1c(Br)c(Br)c(Oc2c(Br)c(Br)c(C(=O)c3c(Br)c(Br)c(Oc4c(Br)c(Br)c(Br)c(Br)c4Br)c(Br)c3Br)c(Br)c2Br)c(Br)c1Br. The number of halogens is 17. The number of carbonyl (C=O) groups excluding carboxylic acids is 1. The molecule has 0 aliphatic heterocycles. The highest BCUT2D eigenvalue weighted by Crippen LogP contribution is 2.56. The summed E-state index contributed by atoms with van der Waals surface area (Å²) in [5, 5.41) is 0. The van der Waals surface area contributed by atoms with E-state index in [2.05, 4.69) is 271 Å². The topological polar surface area (TPSA) is 35.5 Å². The van der Waals surface area contributed by atoms with Crippen LogP contribution < -0.4 is 9.47 Å². The van der Waals surface area contributed by atoms with Gasteiger partial charge in [0, 0.05) is 31.3 Å². The van der Waals surface area contributed by atoms with E-state index in [-0.39, 0.29) is 5.78 Å². The fourth-order valence-corrected chi connectivity index (χ4v) is 14.4. The Hall–Kier alpha value is 4.31. The Morgan fingerprint density at radius 3 is 0.783 bits per heavy atom. The zero-order valence-corrected chi connectivity index (χ0v) is 48.1. The second kappa shape index (κ2) is 17.4. The largest absolute Gasteiger partial charge is 0.452 e. The van der Waals surface area contributed by atoms with Gasteiger partial charge in [-0.25, -0.2) is 0 Å². The van der Waals surface area contributed by atoms with Crippen molar-refractivity contribution in [2.45, 2.75) is 6.92 Å². The van der Waals surface area contributed by atoms with Crippen LogP contribution in [0.4, 0.5) is 0 Å². The smallest absolute Gasteiger partial charge is 0.197 e. The van der Waals surface area contributed by atoms with Crippen LogP contribution in [0.5, 0.6) is 23.0 Å². The minimum Gasteiger partial charge on any atom is -0.452 e. The molecule has 0 saturated heterocycles. The first-order valence-corrected chi connectivity index (χ1v) is 24.7. The maximum Gasteiger partial charge on any atom is 0.197 e. The Bertz CT molecular complexity index is 1750. The summed E-state index contributed by atoms with van der Waals surface area (Å²) in [6.45, 7) is 1.97. The third-order valence-corrected chi connectivity index (χ3v) is 24.8. The summed E-state index contributed by atoms with van der Waals surface area (Å²) < 4.78 is 23.4. The molecule has 0 amide bonds. The molecule has 0 fully saturated rings. The molecule has 20 heteroatoms. The monoisotopic (exact) mass is 1700 g/mol. The first-order chi connectivity index (χ1) is 21.3. The molecule has 4 rings (SSSR count). The number of hydrogen-bond acceptors (Lipinski definition) is 3. The van der Waals surface area contributed by atoms with Gasteiger partial charge in [0.25, 0.3) is 0 Å². The highest BCUT2D eigenvalue weighted by Gasteiger charge is 2.32. The normalized spacial score (nSPS) is 11.3. The Balaban J connectivity index is 1.86. The molecule has 0 spiro atoms. The molecule has 0 aliphatic rings. The van der Waals surface area contributed by atoms with E-state index in [4.69, 9.17) is 9.47 Å². The van der Waals surface area contributed by atoms with Crippen LogP contribution in [-0.4, -0.2) is 5.78 Å². The van der Waals surface area contributed by atoms with Crippen molar-refractivity contribution in [2.24, 2.45) is 0 Å². The van der Waals surface area contributed by atoms with E-state index in [0.717, 1.165) is 27.9 Å². The predicted molar refractivity (Wildman–Crippen MR) is 245 cm³/mol. The minimum atomic E-state index is -0.321. The maximum absolute atomic E-state index is 14.4. The van der Waals surface area contributed by atoms with Crippen molar-refractivity contribution in [3.05, 3.63) is 92.7 Å². The summed E-state index contributed by atoms with van der Waals surface area (Å²) in [5.41, 5.74) is 1.64. The Labute approximate surface area is 405 Å². The van der Waals surface area contributed by atoms with E-state index in [1.54, 1.807) is 0 Å². The highest BCUT2D eigenvalue weighted by atomic mass is 79.9. The molecular weight excluding hydrogens is 1720 g/mol. The standard InChI is InChI=1S/C26H3Br17O3/c1-2-5(27)14(36)23(15(37)6(2)28)45-24-16(38)7(29)3(8(30)17(24)39)22(44)4-9(31)18(40)25(19(41)10(4)32)46-26-20(42)12(34)11(33)13(35)21(26)43/h1H3. The summed E-state index contributed by atoms with van der Waals surface area (Å²) in [4.78, 5) is 14.4. The lowest BCUT2D eigenvalue weighted by Crippen LogP contribution is -2.09. The lowest BCUT2D eigenvalue weighted by Gasteiger charge is -2.21. The lowest BCUT2D eigenvalue weighted by molar-refractivity contribution is 0.103. The van der Waals surface area contributed by atoms with Crippen LogP contribution in [0.25, 0.3) is 0 Å². The van der Waals surface area contributed by atoms with Crippen LogP contribution in [0.15, 0.2) is 76.0 Å². The average Bonchev–Trinajstić information content (AvgIpc) is 3.02. The zero-order valence-electron chi connectivity index (χ0n) is 21.2. The Morgan fingerprint density at radius 2 is 0.522 bits per heavy atom. The first-order valence-electron chi connectivity index (χ1n) is 11.2. The van der Waals surface area contributed by atoms with Crippen LogP contribution in [0.3, 0.4) is 0 Å². The molecule has 4 aromatic rings. The van der Waals surface area contributed by atoms with Gasteiger partial charge in [0.05, 0.1) is 55.9 Å². The van der Waals surface area contributed by atoms with Gasteiger partial charge < -0.3 is 9.47 Å². The van der Waals surface area contributed by atoms with Gasteiger partial charge in [-0.1, -0.05) is 0 Å². The fourth-order valence-electron chi connectivity index (χ4n) is 3.62. The zero-order chi connectivity index (χ0) is 34.8. The van der Waals surface area contributed by atoms with Gasteiger partial charge in [0.15, 0.2) is 28.8 Å². The molecule has 3 nitrogen and oxygen atoms in total. The summed E-state index contributed by atoms with van der Waals surface area (Å²) >= 11 is 61.5. The molecule has 0 atom stereocenters. The quantitative estimate of drug-likeness (QED) is 0.110. The van der Waals surface area contributed by atoms with Crippen LogP contribution >= 0.6 is 271 Å². The molecule has 0 heterocycles. The number of carbonyl (C=O) groups is 1. The van der Waals surface area contributed by atoms with Crippen molar-refractivity contribution in [1.29, 1.82) is 0 Å². The van der Waals surface area contributed by atoms with E-state index in [1.807, 2.05) is 6.92 Å². The number of ether oxygens (including phenoxy) is 2. The van der Waals surface area contributed by atoms with E-state index in [1.165, 1.54) is 0 Å².